The summed E-state index contributed by atoms with van der Waals surface area (Å²) in [6, 6.07) is 7.58. The van der Waals surface area contributed by atoms with E-state index in [1.54, 1.807) is 0 Å². The van der Waals surface area contributed by atoms with Crippen LogP contribution in [0, 0.1) is 5.92 Å². The summed E-state index contributed by atoms with van der Waals surface area (Å²) in [4.78, 5) is 16.7. The number of nitrogens with one attached hydrogen (secondary N) is 1. The second-order valence-corrected chi connectivity index (χ2v) is 6.95. The van der Waals surface area contributed by atoms with Crippen molar-refractivity contribution in [1.82, 2.24) is 10.2 Å². The van der Waals surface area contributed by atoms with Crippen LogP contribution in [0.2, 0.25) is 5.02 Å². The largest absolute Gasteiger partial charge is 0.369 e. The Morgan fingerprint density at radius 3 is 2.67 bits per heavy atom. The van der Waals surface area contributed by atoms with E-state index in [0.29, 0.717) is 6.54 Å². The van der Waals surface area contributed by atoms with Crippen LogP contribution in [-0.2, 0) is 4.79 Å². The number of hydrogen-bond acceptors (Lipinski definition) is 4. The molecule has 1 aromatic rings. The SMILES string of the molecule is CCC(C)C(N)C(=O)NCCN1CCN(c2cccc(Cl)c2)CC1. The normalized spacial score (nSPS) is 18.2. The van der Waals surface area contributed by atoms with Crippen molar-refractivity contribution in [2.75, 3.05) is 44.2 Å². The summed E-state index contributed by atoms with van der Waals surface area (Å²) in [6.45, 7) is 9.50. The minimum absolute atomic E-state index is 0.0399. The molecule has 6 heteroatoms. The van der Waals surface area contributed by atoms with E-state index in [1.807, 2.05) is 25.1 Å². The molecule has 24 heavy (non-hydrogen) atoms. The molecule has 2 atom stereocenters. The number of carbonyl (C=O) groups is 1. The molecule has 1 fully saturated rings. The number of nitrogens with zero attached hydrogens (tertiary/aromatic N) is 2. The fourth-order valence-electron chi connectivity index (χ4n) is 2.87. The molecule has 5 nitrogen and oxygen atoms in total. The Morgan fingerprint density at radius 1 is 1.33 bits per heavy atom. The molecule has 0 radical (unpaired) electrons. The molecular weight excluding hydrogens is 324 g/mol. The first kappa shape index (κ1) is 19.0. The number of hydrogen-bond donors (Lipinski definition) is 2. The van der Waals surface area contributed by atoms with E-state index in [2.05, 4.69) is 28.1 Å². The van der Waals surface area contributed by atoms with E-state index in [-0.39, 0.29) is 11.8 Å². The topological polar surface area (TPSA) is 61.6 Å². The van der Waals surface area contributed by atoms with Crippen molar-refractivity contribution in [3.05, 3.63) is 29.3 Å². The van der Waals surface area contributed by atoms with Gasteiger partial charge < -0.3 is 16.0 Å². The van der Waals surface area contributed by atoms with Crippen LogP contribution >= 0.6 is 11.6 Å². The van der Waals surface area contributed by atoms with Crippen molar-refractivity contribution in [2.24, 2.45) is 11.7 Å². The second kappa shape index (κ2) is 9.25. The molecule has 3 N–H and O–H groups in total. The molecule has 1 saturated heterocycles. The first-order valence-electron chi connectivity index (χ1n) is 8.77. The lowest BCUT2D eigenvalue weighted by atomic mass is 9.99. The van der Waals surface area contributed by atoms with E-state index in [0.717, 1.165) is 44.2 Å². The van der Waals surface area contributed by atoms with Gasteiger partial charge in [-0.25, -0.2) is 0 Å². The summed E-state index contributed by atoms with van der Waals surface area (Å²) < 4.78 is 0. The molecule has 0 saturated carbocycles. The third-order valence-electron chi connectivity index (χ3n) is 4.83. The molecule has 1 amide bonds. The van der Waals surface area contributed by atoms with Crippen LogP contribution < -0.4 is 16.0 Å². The van der Waals surface area contributed by atoms with Crippen LogP contribution in [0.1, 0.15) is 20.3 Å². The summed E-state index contributed by atoms with van der Waals surface area (Å²) in [6.07, 6.45) is 0.917. The first-order valence-corrected chi connectivity index (χ1v) is 9.15. The molecule has 0 aromatic heterocycles. The molecule has 0 aliphatic carbocycles. The van der Waals surface area contributed by atoms with Crippen LogP contribution in [0.25, 0.3) is 0 Å². The van der Waals surface area contributed by atoms with Gasteiger partial charge in [0.1, 0.15) is 0 Å². The van der Waals surface area contributed by atoms with Gasteiger partial charge in [-0.05, 0) is 24.1 Å². The Morgan fingerprint density at radius 2 is 2.04 bits per heavy atom. The fourth-order valence-corrected chi connectivity index (χ4v) is 3.05. The smallest absolute Gasteiger partial charge is 0.237 e. The highest BCUT2D eigenvalue weighted by molar-refractivity contribution is 6.30. The lowest BCUT2D eigenvalue weighted by Gasteiger charge is -2.36. The molecule has 0 spiro atoms. The van der Waals surface area contributed by atoms with Gasteiger partial charge in [-0.2, -0.15) is 0 Å². The van der Waals surface area contributed by atoms with E-state index in [9.17, 15) is 4.79 Å². The lowest BCUT2D eigenvalue weighted by molar-refractivity contribution is -0.123. The van der Waals surface area contributed by atoms with Gasteiger partial charge in [-0.15, -0.1) is 0 Å². The summed E-state index contributed by atoms with van der Waals surface area (Å²) in [7, 11) is 0. The Labute approximate surface area is 150 Å². The number of benzene rings is 1. The minimum Gasteiger partial charge on any atom is -0.369 e. The minimum atomic E-state index is -0.408. The van der Waals surface area contributed by atoms with Crippen molar-refractivity contribution < 1.29 is 4.79 Å². The molecule has 1 aliphatic rings. The Balaban J connectivity index is 1.69. The predicted molar refractivity (Wildman–Crippen MR) is 101 cm³/mol. The average molecular weight is 353 g/mol. The number of piperazine rings is 1. The maximum Gasteiger partial charge on any atom is 0.237 e. The van der Waals surface area contributed by atoms with E-state index in [1.165, 1.54) is 5.69 Å². The van der Waals surface area contributed by atoms with Crippen molar-refractivity contribution in [1.29, 1.82) is 0 Å². The summed E-state index contributed by atoms with van der Waals surface area (Å²) in [5, 5.41) is 3.73. The van der Waals surface area contributed by atoms with Gasteiger partial charge in [-0.1, -0.05) is 37.9 Å². The Hall–Kier alpha value is -1.30. The molecule has 1 aliphatic heterocycles. The standard InChI is InChI=1S/C18H29ClN4O/c1-3-14(2)17(20)18(24)21-7-8-22-9-11-23(12-10-22)16-6-4-5-15(19)13-16/h4-6,13-14,17H,3,7-12,20H2,1-2H3,(H,21,24). The summed E-state index contributed by atoms with van der Waals surface area (Å²) in [5.41, 5.74) is 7.12. The van der Waals surface area contributed by atoms with E-state index < -0.39 is 6.04 Å². The Kier molecular flexibility index (Phi) is 7.34. The molecule has 1 aromatic carbocycles. The number of nitrogens with two attached hydrogens (primary N) is 1. The van der Waals surface area contributed by atoms with Gasteiger partial charge in [0.2, 0.25) is 5.91 Å². The zero-order valence-electron chi connectivity index (χ0n) is 14.7. The van der Waals surface area contributed by atoms with Crippen LogP contribution in [-0.4, -0.2) is 56.1 Å². The van der Waals surface area contributed by atoms with Crippen molar-refractivity contribution >= 4 is 23.2 Å². The van der Waals surface area contributed by atoms with Crippen LogP contribution in [0.15, 0.2) is 24.3 Å². The zero-order valence-corrected chi connectivity index (χ0v) is 15.4. The lowest BCUT2D eigenvalue weighted by Crippen LogP contribution is -2.50. The van der Waals surface area contributed by atoms with Crippen LogP contribution in [0.5, 0.6) is 0 Å². The van der Waals surface area contributed by atoms with Crippen molar-refractivity contribution in [3.63, 3.8) is 0 Å². The maximum atomic E-state index is 12.0. The summed E-state index contributed by atoms with van der Waals surface area (Å²) in [5.74, 6) is 0.174. The highest BCUT2D eigenvalue weighted by Crippen LogP contribution is 2.20. The van der Waals surface area contributed by atoms with Crippen LogP contribution in [0.4, 0.5) is 5.69 Å². The number of amides is 1. The van der Waals surface area contributed by atoms with Crippen molar-refractivity contribution in [2.45, 2.75) is 26.3 Å². The fraction of sp³-hybridized carbons (Fsp3) is 0.611. The molecular formula is C18H29ClN4O. The first-order chi connectivity index (χ1) is 11.5. The summed E-state index contributed by atoms with van der Waals surface area (Å²) >= 11 is 6.06. The highest BCUT2D eigenvalue weighted by atomic mass is 35.5. The third-order valence-corrected chi connectivity index (χ3v) is 5.07. The number of rotatable bonds is 7. The van der Waals surface area contributed by atoms with Gasteiger partial charge >= 0.3 is 0 Å². The molecule has 134 valence electrons. The van der Waals surface area contributed by atoms with Crippen LogP contribution in [0.3, 0.4) is 0 Å². The van der Waals surface area contributed by atoms with Gasteiger partial charge in [0.25, 0.3) is 0 Å². The number of carbonyl (C=O) groups excluding carboxylic acids is 1. The molecule has 1 heterocycles. The Bertz CT molecular complexity index is 532. The van der Waals surface area contributed by atoms with Gasteiger partial charge in [0.05, 0.1) is 6.04 Å². The number of anilines is 1. The van der Waals surface area contributed by atoms with E-state index >= 15 is 0 Å². The number of halogens is 1. The monoisotopic (exact) mass is 352 g/mol. The molecule has 0 bridgehead atoms. The predicted octanol–water partition coefficient (Wildman–Crippen LogP) is 1.95. The quantitative estimate of drug-likeness (QED) is 0.787. The van der Waals surface area contributed by atoms with Gasteiger partial charge in [0, 0.05) is 50.0 Å². The molecule has 2 unspecified atom stereocenters. The van der Waals surface area contributed by atoms with E-state index in [4.69, 9.17) is 17.3 Å². The molecule has 2 rings (SSSR count). The maximum absolute atomic E-state index is 12.0. The highest BCUT2D eigenvalue weighted by Gasteiger charge is 2.20. The second-order valence-electron chi connectivity index (χ2n) is 6.51. The zero-order chi connectivity index (χ0) is 17.5. The average Bonchev–Trinajstić information content (AvgIpc) is 2.60. The van der Waals surface area contributed by atoms with Crippen molar-refractivity contribution in [3.8, 4) is 0 Å². The van der Waals surface area contributed by atoms with Gasteiger partial charge in [-0.3, -0.25) is 9.69 Å². The van der Waals surface area contributed by atoms with Gasteiger partial charge in [0.15, 0.2) is 0 Å². The third kappa shape index (κ3) is 5.36.